The van der Waals surface area contributed by atoms with Gasteiger partial charge in [-0.25, -0.2) is 0 Å². The van der Waals surface area contributed by atoms with E-state index in [1.54, 1.807) is 0 Å². The average Bonchev–Trinajstić information content (AvgIpc) is 2.84. The molecule has 2 nitrogen and oxygen atoms in total. The van der Waals surface area contributed by atoms with Crippen LogP contribution in [0.15, 0.2) is 59.2 Å². The van der Waals surface area contributed by atoms with Crippen LogP contribution >= 0.6 is 15.9 Å². The summed E-state index contributed by atoms with van der Waals surface area (Å²) >= 11 is 3.57. The maximum absolute atomic E-state index is 9.05. The molecule has 0 fully saturated rings. The predicted octanol–water partition coefficient (Wildman–Crippen LogP) is 3.94. The van der Waals surface area contributed by atoms with Crippen LogP contribution in [-0.2, 0) is 13.2 Å². The average molecular weight is 316 g/mol. The highest BCUT2D eigenvalue weighted by Gasteiger charge is 2.04. The predicted molar refractivity (Wildman–Crippen MR) is 81.1 cm³/mol. The van der Waals surface area contributed by atoms with Crippen LogP contribution in [-0.4, -0.2) is 9.67 Å². The van der Waals surface area contributed by atoms with Gasteiger partial charge in [0.1, 0.15) is 0 Å². The fourth-order valence-corrected chi connectivity index (χ4v) is 2.76. The minimum Gasteiger partial charge on any atom is -0.392 e. The number of rotatable bonds is 3. The van der Waals surface area contributed by atoms with Crippen LogP contribution in [0.25, 0.3) is 10.9 Å². The van der Waals surface area contributed by atoms with E-state index in [9.17, 15) is 0 Å². The largest absolute Gasteiger partial charge is 0.392 e. The number of hydrogen-bond donors (Lipinski definition) is 1. The van der Waals surface area contributed by atoms with Gasteiger partial charge in [0.15, 0.2) is 0 Å². The first-order valence-electron chi connectivity index (χ1n) is 6.20. The van der Waals surface area contributed by atoms with Crippen LogP contribution in [0.5, 0.6) is 0 Å². The van der Waals surface area contributed by atoms with E-state index in [1.807, 2.05) is 12.1 Å². The van der Waals surface area contributed by atoms with Gasteiger partial charge in [-0.1, -0.05) is 46.3 Å². The third-order valence-electron chi connectivity index (χ3n) is 3.32. The number of nitrogens with zero attached hydrogens (tertiary/aromatic N) is 1. The summed E-state index contributed by atoms with van der Waals surface area (Å²) in [4.78, 5) is 0. The normalized spacial score (nSPS) is 11.1. The van der Waals surface area contributed by atoms with Crippen LogP contribution in [0.2, 0.25) is 0 Å². The third kappa shape index (κ3) is 2.44. The molecule has 0 atom stereocenters. The maximum atomic E-state index is 9.05. The smallest absolute Gasteiger partial charge is 0.0681 e. The summed E-state index contributed by atoms with van der Waals surface area (Å²) in [6.07, 6.45) is 2.11. The van der Waals surface area contributed by atoms with Crippen molar-refractivity contribution in [1.29, 1.82) is 0 Å². The second kappa shape index (κ2) is 5.19. The summed E-state index contributed by atoms with van der Waals surface area (Å²) in [7, 11) is 0. The molecule has 1 heterocycles. The molecule has 0 unspecified atom stereocenters. The Morgan fingerprint density at radius 1 is 0.947 bits per heavy atom. The number of aliphatic hydroxyl groups excluding tert-OH is 1. The van der Waals surface area contributed by atoms with Crippen LogP contribution in [0, 0.1) is 0 Å². The summed E-state index contributed by atoms with van der Waals surface area (Å²) < 4.78 is 3.35. The van der Waals surface area contributed by atoms with Gasteiger partial charge < -0.3 is 9.67 Å². The highest BCUT2D eigenvalue weighted by Crippen LogP contribution is 2.25. The van der Waals surface area contributed by atoms with E-state index in [0.29, 0.717) is 0 Å². The number of halogens is 1. The van der Waals surface area contributed by atoms with Crippen LogP contribution < -0.4 is 0 Å². The molecule has 3 rings (SSSR count). The van der Waals surface area contributed by atoms with Gasteiger partial charge in [-0.05, 0) is 29.3 Å². The SMILES string of the molecule is OCc1ccc(Cn2ccc3c(Br)cccc32)cc1. The fraction of sp³-hybridized carbons (Fsp3) is 0.125. The minimum atomic E-state index is 0.0969. The van der Waals surface area contributed by atoms with Gasteiger partial charge >= 0.3 is 0 Å². The molecule has 3 aromatic rings. The summed E-state index contributed by atoms with van der Waals surface area (Å²) in [5, 5.41) is 10.3. The summed E-state index contributed by atoms with van der Waals surface area (Å²) in [5.41, 5.74) is 3.40. The van der Waals surface area contributed by atoms with Crippen molar-refractivity contribution in [2.45, 2.75) is 13.2 Å². The molecule has 0 saturated heterocycles. The zero-order valence-electron chi connectivity index (χ0n) is 10.4. The second-order valence-corrected chi connectivity index (χ2v) is 5.45. The molecule has 1 aromatic heterocycles. The van der Waals surface area contributed by atoms with Gasteiger partial charge in [-0.15, -0.1) is 0 Å². The monoisotopic (exact) mass is 315 g/mol. The van der Waals surface area contributed by atoms with E-state index in [-0.39, 0.29) is 6.61 Å². The Morgan fingerprint density at radius 2 is 1.68 bits per heavy atom. The van der Waals surface area contributed by atoms with Crippen LogP contribution in [0.3, 0.4) is 0 Å². The van der Waals surface area contributed by atoms with E-state index in [4.69, 9.17) is 5.11 Å². The number of aromatic nitrogens is 1. The van der Waals surface area contributed by atoms with Crippen molar-refractivity contribution in [2.24, 2.45) is 0 Å². The van der Waals surface area contributed by atoms with E-state index < -0.39 is 0 Å². The Kier molecular flexibility index (Phi) is 3.40. The molecular formula is C16H14BrNO. The Morgan fingerprint density at radius 3 is 2.42 bits per heavy atom. The van der Waals surface area contributed by atoms with Crippen molar-refractivity contribution < 1.29 is 5.11 Å². The molecule has 0 bridgehead atoms. The molecule has 0 saturated carbocycles. The molecular weight excluding hydrogens is 302 g/mol. The first kappa shape index (κ1) is 12.5. The van der Waals surface area contributed by atoms with Gasteiger partial charge in [0.05, 0.1) is 6.61 Å². The van der Waals surface area contributed by atoms with Crippen molar-refractivity contribution >= 4 is 26.8 Å². The van der Waals surface area contributed by atoms with Crippen molar-refractivity contribution in [3.8, 4) is 0 Å². The van der Waals surface area contributed by atoms with E-state index in [0.717, 1.165) is 16.6 Å². The standard InChI is InChI=1S/C16H14BrNO/c17-15-2-1-3-16-14(15)8-9-18(16)10-12-4-6-13(11-19)7-5-12/h1-9,19H,10-11H2. The Labute approximate surface area is 120 Å². The Hall–Kier alpha value is -1.58. The van der Waals surface area contributed by atoms with E-state index in [1.165, 1.54) is 16.5 Å². The summed E-state index contributed by atoms with van der Waals surface area (Å²) in [6.45, 7) is 0.936. The van der Waals surface area contributed by atoms with E-state index in [2.05, 4.69) is 63.1 Å². The molecule has 19 heavy (non-hydrogen) atoms. The second-order valence-electron chi connectivity index (χ2n) is 4.59. The lowest BCUT2D eigenvalue weighted by molar-refractivity contribution is 0.282. The molecule has 0 aliphatic rings. The number of benzene rings is 2. The zero-order valence-corrected chi connectivity index (χ0v) is 12.0. The van der Waals surface area contributed by atoms with Crippen LogP contribution in [0.4, 0.5) is 0 Å². The molecule has 1 N–H and O–H groups in total. The molecule has 3 heteroatoms. The first-order chi connectivity index (χ1) is 9.28. The lowest BCUT2D eigenvalue weighted by atomic mass is 10.1. The van der Waals surface area contributed by atoms with Crippen molar-refractivity contribution in [2.75, 3.05) is 0 Å². The summed E-state index contributed by atoms with van der Waals surface area (Å²) in [6, 6.07) is 16.4. The highest BCUT2D eigenvalue weighted by atomic mass is 79.9. The third-order valence-corrected chi connectivity index (χ3v) is 4.01. The molecule has 0 aliphatic carbocycles. The topological polar surface area (TPSA) is 25.2 Å². The first-order valence-corrected chi connectivity index (χ1v) is 6.99. The van der Waals surface area contributed by atoms with Gasteiger partial charge in [0, 0.05) is 28.1 Å². The van der Waals surface area contributed by atoms with Gasteiger partial charge in [0.25, 0.3) is 0 Å². The lowest BCUT2D eigenvalue weighted by Gasteiger charge is -2.07. The summed E-state index contributed by atoms with van der Waals surface area (Å²) in [5.74, 6) is 0. The Bertz CT molecular complexity index is 700. The van der Waals surface area contributed by atoms with Crippen molar-refractivity contribution in [1.82, 2.24) is 4.57 Å². The molecule has 0 aliphatic heterocycles. The van der Waals surface area contributed by atoms with Gasteiger partial charge in [0.2, 0.25) is 0 Å². The molecule has 2 aromatic carbocycles. The maximum Gasteiger partial charge on any atom is 0.0681 e. The molecule has 0 spiro atoms. The number of fused-ring (bicyclic) bond motifs is 1. The molecule has 0 amide bonds. The zero-order chi connectivity index (χ0) is 13.2. The van der Waals surface area contributed by atoms with Crippen LogP contribution in [0.1, 0.15) is 11.1 Å². The number of hydrogen-bond acceptors (Lipinski definition) is 1. The van der Waals surface area contributed by atoms with Gasteiger partial charge in [-0.2, -0.15) is 0 Å². The van der Waals surface area contributed by atoms with Gasteiger partial charge in [-0.3, -0.25) is 0 Å². The number of aliphatic hydroxyl groups is 1. The van der Waals surface area contributed by atoms with Crippen molar-refractivity contribution in [3.05, 3.63) is 70.3 Å². The van der Waals surface area contributed by atoms with Crippen molar-refractivity contribution in [3.63, 3.8) is 0 Å². The molecule has 0 radical (unpaired) electrons. The quantitative estimate of drug-likeness (QED) is 0.778. The minimum absolute atomic E-state index is 0.0969. The highest BCUT2D eigenvalue weighted by molar-refractivity contribution is 9.10. The van der Waals surface area contributed by atoms with E-state index >= 15 is 0 Å². The Balaban J connectivity index is 1.94. The lowest BCUT2D eigenvalue weighted by Crippen LogP contribution is -1.98. The fourth-order valence-electron chi connectivity index (χ4n) is 2.27. The molecule has 96 valence electrons.